The molecule has 1 rings (SSSR count). The quantitative estimate of drug-likeness (QED) is 0.419. The first-order valence-electron chi connectivity index (χ1n) is 9.67. The van der Waals surface area contributed by atoms with Gasteiger partial charge in [-0.1, -0.05) is 90.4 Å². The van der Waals surface area contributed by atoms with Crippen molar-refractivity contribution in [3.63, 3.8) is 0 Å². The Morgan fingerprint density at radius 1 is 0.700 bits per heavy atom. The summed E-state index contributed by atoms with van der Waals surface area (Å²) in [6.45, 7) is 3.56. The van der Waals surface area contributed by atoms with Gasteiger partial charge >= 0.3 is 0 Å². The van der Waals surface area contributed by atoms with Crippen molar-refractivity contribution in [1.29, 1.82) is 0 Å². The zero-order chi connectivity index (χ0) is 14.3. The molecule has 0 aromatic carbocycles. The molecular formula is C19H39N. The Morgan fingerprint density at radius 3 is 1.95 bits per heavy atom. The molecule has 0 bridgehead atoms. The van der Waals surface area contributed by atoms with E-state index in [4.69, 9.17) is 0 Å². The lowest BCUT2D eigenvalue weighted by Crippen LogP contribution is -2.27. The average Bonchev–Trinajstić information content (AvgIpc) is 2.73. The topological polar surface area (TPSA) is 12.0 Å². The predicted molar refractivity (Wildman–Crippen MR) is 91.3 cm³/mol. The number of hydrogen-bond donors (Lipinski definition) is 1. The van der Waals surface area contributed by atoms with Gasteiger partial charge in [-0.3, -0.25) is 0 Å². The maximum atomic E-state index is 3.72. The summed E-state index contributed by atoms with van der Waals surface area (Å²) in [7, 11) is 0. The van der Waals surface area contributed by atoms with E-state index in [1.807, 2.05) is 0 Å². The van der Waals surface area contributed by atoms with Gasteiger partial charge in [0.15, 0.2) is 0 Å². The number of nitrogens with one attached hydrogen (secondary N) is 1. The molecule has 1 heterocycles. The van der Waals surface area contributed by atoms with Crippen molar-refractivity contribution in [3.8, 4) is 0 Å². The van der Waals surface area contributed by atoms with Gasteiger partial charge in [0.05, 0.1) is 0 Å². The van der Waals surface area contributed by atoms with Crippen molar-refractivity contribution in [2.24, 2.45) is 0 Å². The minimum Gasteiger partial charge on any atom is -0.314 e. The van der Waals surface area contributed by atoms with Crippen LogP contribution in [0.1, 0.15) is 110 Å². The lowest BCUT2D eigenvalue weighted by molar-refractivity contribution is 0.448. The summed E-state index contributed by atoms with van der Waals surface area (Å²) in [5.74, 6) is 0. The van der Waals surface area contributed by atoms with Crippen molar-refractivity contribution in [3.05, 3.63) is 0 Å². The fourth-order valence-corrected chi connectivity index (χ4v) is 3.40. The molecule has 1 nitrogen and oxygen atoms in total. The molecule has 0 aromatic rings. The van der Waals surface area contributed by atoms with E-state index in [0.717, 1.165) is 6.04 Å². The van der Waals surface area contributed by atoms with Crippen molar-refractivity contribution in [1.82, 2.24) is 5.32 Å². The monoisotopic (exact) mass is 281 g/mol. The van der Waals surface area contributed by atoms with E-state index in [-0.39, 0.29) is 0 Å². The fraction of sp³-hybridized carbons (Fsp3) is 1.00. The molecule has 1 aliphatic heterocycles. The van der Waals surface area contributed by atoms with E-state index in [1.54, 1.807) is 0 Å². The van der Waals surface area contributed by atoms with Crippen molar-refractivity contribution in [2.45, 2.75) is 116 Å². The normalized spacial score (nSPS) is 19.9. The van der Waals surface area contributed by atoms with E-state index in [1.165, 1.54) is 109 Å². The second-order valence-electron chi connectivity index (χ2n) is 6.82. The van der Waals surface area contributed by atoms with Crippen LogP contribution in [0, 0.1) is 0 Å². The number of unbranched alkanes of at least 4 members (excludes halogenated alkanes) is 10. The molecule has 1 atom stereocenters. The van der Waals surface area contributed by atoms with Gasteiger partial charge in [0.2, 0.25) is 0 Å². The Bertz CT molecular complexity index is 182. The van der Waals surface area contributed by atoms with Gasteiger partial charge in [-0.15, -0.1) is 0 Å². The van der Waals surface area contributed by atoms with E-state index >= 15 is 0 Å². The third kappa shape index (κ3) is 10.7. The second-order valence-corrected chi connectivity index (χ2v) is 6.82. The average molecular weight is 282 g/mol. The Balaban J connectivity index is 1.76. The van der Waals surface area contributed by atoms with Crippen LogP contribution in [-0.2, 0) is 0 Å². The second kappa shape index (κ2) is 13.9. The van der Waals surface area contributed by atoms with Crippen LogP contribution in [0.2, 0.25) is 0 Å². The minimum absolute atomic E-state index is 0.844. The van der Waals surface area contributed by atoms with Gasteiger partial charge in [-0.05, 0) is 25.8 Å². The summed E-state index contributed by atoms with van der Waals surface area (Å²) >= 11 is 0. The summed E-state index contributed by atoms with van der Waals surface area (Å²) < 4.78 is 0. The number of hydrogen-bond acceptors (Lipinski definition) is 1. The standard InChI is InChI=1S/C19H39N/c1-2-3-4-5-6-7-8-9-10-11-13-16-19-17-14-12-15-18-20-19/h19-20H,2-18H2,1H3. The van der Waals surface area contributed by atoms with E-state index < -0.39 is 0 Å². The van der Waals surface area contributed by atoms with E-state index in [9.17, 15) is 0 Å². The molecule has 0 saturated carbocycles. The van der Waals surface area contributed by atoms with Crippen LogP contribution in [0.5, 0.6) is 0 Å². The summed E-state index contributed by atoms with van der Waals surface area (Å²) in [5.41, 5.74) is 0. The zero-order valence-corrected chi connectivity index (χ0v) is 14.1. The van der Waals surface area contributed by atoms with Gasteiger partial charge in [0, 0.05) is 6.04 Å². The summed E-state index contributed by atoms with van der Waals surface area (Å²) in [6, 6.07) is 0.844. The maximum absolute atomic E-state index is 3.72. The predicted octanol–water partition coefficient (Wildman–Crippen LogP) is 6.22. The molecule has 1 fully saturated rings. The largest absolute Gasteiger partial charge is 0.314 e. The molecule has 1 N–H and O–H groups in total. The van der Waals surface area contributed by atoms with Crippen molar-refractivity contribution in [2.75, 3.05) is 6.54 Å². The zero-order valence-electron chi connectivity index (χ0n) is 14.1. The molecule has 0 radical (unpaired) electrons. The van der Waals surface area contributed by atoms with Crippen LogP contribution >= 0.6 is 0 Å². The van der Waals surface area contributed by atoms with Crippen LogP contribution in [0.25, 0.3) is 0 Å². The molecule has 0 spiro atoms. The highest BCUT2D eigenvalue weighted by atomic mass is 14.9. The minimum atomic E-state index is 0.844. The highest BCUT2D eigenvalue weighted by molar-refractivity contribution is 4.70. The molecule has 1 saturated heterocycles. The van der Waals surface area contributed by atoms with Crippen LogP contribution in [0.15, 0.2) is 0 Å². The Labute approximate surface area is 128 Å². The Kier molecular flexibility index (Phi) is 12.5. The first-order valence-corrected chi connectivity index (χ1v) is 9.67. The summed E-state index contributed by atoms with van der Waals surface area (Å²) in [6.07, 6.45) is 23.2. The van der Waals surface area contributed by atoms with Gasteiger partial charge in [0.1, 0.15) is 0 Å². The first kappa shape index (κ1) is 18.0. The molecule has 20 heavy (non-hydrogen) atoms. The highest BCUT2D eigenvalue weighted by Gasteiger charge is 2.10. The smallest absolute Gasteiger partial charge is 0.00670 e. The Morgan fingerprint density at radius 2 is 1.30 bits per heavy atom. The molecule has 120 valence electrons. The van der Waals surface area contributed by atoms with Gasteiger partial charge in [-0.25, -0.2) is 0 Å². The molecule has 0 amide bonds. The third-order valence-corrected chi connectivity index (χ3v) is 4.82. The van der Waals surface area contributed by atoms with Gasteiger partial charge < -0.3 is 5.32 Å². The molecule has 1 unspecified atom stereocenters. The summed E-state index contributed by atoms with van der Waals surface area (Å²) in [5, 5.41) is 3.72. The summed E-state index contributed by atoms with van der Waals surface area (Å²) in [4.78, 5) is 0. The lowest BCUT2D eigenvalue weighted by Gasteiger charge is -2.15. The van der Waals surface area contributed by atoms with Gasteiger partial charge in [-0.2, -0.15) is 0 Å². The molecule has 0 aliphatic carbocycles. The van der Waals surface area contributed by atoms with Crippen molar-refractivity contribution >= 4 is 0 Å². The van der Waals surface area contributed by atoms with Crippen LogP contribution in [0.3, 0.4) is 0 Å². The van der Waals surface area contributed by atoms with Crippen LogP contribution in [0.4, 0.5) is 0 Å². The van der Waals surface area contributed by atoms with Crippen LogP contribution in [-0.4, -0.2) is 12.6 Å². The third-order valence-electron chi connectivity index (χ3n) is 4.82. The molecule has 1 heteroatoms. The first-order chi connectivity index (χ1) is 9.93. The van der Waals surface area contributed by atoms with Gasteiger partial charge in [0.25, 0.3) is 0 Å². The Hall–Kier alpha value is -0.0400. The van der Waals surface area contributed by atoms with Crippen LogP contribution < -0.4 is 5.32 Å². The van der Waals surface area contributed by atoms with Crippen molar-refractivity contribution < 1.29 is 0 Å². The fourth-order valence-electron chi connectivity index (χ4n) is 3.40. The van der Waals surface area contributed by atoms with E-state index in [2.05, 4.69) is 12.2 Å². The molecule has 1 aliphatic rings. The SMILES string of the molecule is CCCCCCCCCCCCCC1CCCCCN1. The number of rotatable bonds is 12. The lowest BCUT2D eigenvalue weighted by atomic mass is 10.0. The maximum Gasteiger partial charge on any atom is 0.00670 e. The molecule has 0 aromatic heterocycles. The molecular weight excluding hydrogens is 242 g/mol. The highest BCUT2D eigenvalue weighted by Crippen LogP contribution is 2.16. The van der Waals surface area contributed by atoms with E-state index in [0.29, 0.717) is 0 Å².